The van der Waals surface area contributed by atoms with E-state index in [1.807, 2.05) is 0 Å². The highest BCUT2D eigenvalue weighted by Crippen LogP contribution is 2.30. The molecule has 1 aromatic rings. The van der Waals surface area contributed by atoms with Crippen molar-refractivity contribution in [2.75, 3.05) is 20.8 Å². The number of carboxylic acids is 1. The van der Waals surface area contributed by atoms with Crippen molar-refractivity contribution in [1.82, 2.24) is 4.31 Å². The predicted molar refractivity (Wildman–Crippen MR) is 78.9 cm³/mol. The first kappa shape index (κ1) is 17.2. The summed E-state index contributed by atoms with van der Waals surface area (Å²) in [6, 6.07) is 2.63. The molecule has 1 aliphatic rings. The van der Waals surface area contributed by atoms with Crippen molar-refractivity contribution >= 4 is 22.0 Å². The van der Waals surface area contributed by atoms with E-state index in [9.17, 15) is 18.0 Å². The van der Waals surface area contributed by atoms with Crippen LogP contribution >= 0.6 is 0 Å². The summed E-state index contributed by atoms with van der Waals surface area (Å²) in [6.45, 7) is 0.139. The van der Waals surface area contributed by atoms with E-state index >= 15 is 0 Å². The van der Waals surface area contributed by atoms with E-state index < -0.39 is 28.0 Å². The molecule has 9 heteroatoms. The maximum atomic E-state index is 12.7. The zero-order chi connectivity index (χ0) is 17.2. The van der Waals surface area contributed by atoms with Gasteiger partial charge in [0.05, 0.1) is 19.1 Å². The molecule has 1 heterocycles. The summed E-state index contributed by atoms with van der Waals surface area (Å²) < 4.78 is 35.9. The normalized spacial score (nSPS) is 18.6. The Morgan fingerprint density at radius 2 is 2.00 bits per heavy atom. The summed E-state index contributed by atoms with van der Waals surface area (Å²) in [6.07, 6.45) is 0.750. The van der Waals surface area contributed by atoms with Gasteiger partial charge in [0.1, 0.15) is 17.4 Å². The summed E-state index contributed by atoms with van der Waals surface area (Å²) in [5.74, 6) is -1.79. The summed E-state index contributed by atoms with van der Waals surface area (Å²) in [4.78, 5) is 22.7. The molecular weight excluding hydrogens is 326 g/mol. The van der Waals surface area contributed by atoms with Gasteiger partial charge in [0.2, 0.25) is 10.0 Å². The summed E-state index contributed by atoms with van der Waals surface area (Å²) in [7, 11) is -1.49. The molecule has 1 unspecified atom stereocenters. The van der Waals surface area contributed by atoms with Crippen molar-refractivity contribution in [3.05, 3.63) is 23.8 Å². The number of methoxy groups -OCH3 is 2. The zero-order valence-corrected chi connectivity index (χ0v) is 13.5. The van der Waals surface area contributed by atoms with E-state index in [1.165, 1.54) is 32.4 Å². The summed E-state index contributed by atoms with van der Waals surface area (Å²) >= 11 is 0. The highest BCUT2D eigenvalue weighted by atomic mass is 32.2. The van der Waals surface area contributed by atoms with Crippen molar-refractivity contribution in [3.8, 4) is 5.75 Å². The van der Waals surface area contributed by atoms with Gasteiger partial charge < -0.3 is 14.6 Å². The van der Waals surface area contributed by atoms with E-state index in [4.69, 9.17) is 9.84 Å². The van der Waals surface area contributed by atoms with Crippen LogP contribution in [0.2, 0.25) is 0 Å². The topological polar surface area (TPSA) is 110 Å². The number of rotatable bonds is 5. The monoisotopic (exact) mass is 343 g/mol. The van der Waals surface area contributed by atoms with Crippen LogP contribution in [0.3, 0.4) is 0 Å². The third-order valence-corrected chi connectivity index (χ3v) is 5.58. The number of ether oxygens (including phenoxy) is 2. The first-order chi connectivity index (χ1) is 10.8. The third-order valence-electron chi connectivity index (χ3n) is 3.67. The second-order valence-electron chi connectivity index (χ2n) is 4.97. The van der Waals surface area contributed by atoms with E-state index in [-0.39, 0.29) is 29.2 Å². The lowest BCUT2D eigenvalue weighted by Gasteiger charge is -2.21. The van der Waals surface area contributed by atoms with Crippen LogP contribution in [-0.2, 0) is 19.6 Å². The number of carbonyl (C=O) groups is 2. The first-order valence-corrected chi connectivity index (χ1v) is 8.28. The number of carboxylic acid groups (broad SMARTS) is 1. The van der Waals surface area contributed by atoms with E-state index in [2.05, 4.69) is 4.74 Å². The zero-order valence-electron chi connectivity index (χ0n) is 12.7. The minimum absolute atomic E-state index is 0.0454. The number of sulfonamides is 1. The molecule has 2 rings (SSSR count). The maximum Gasteiger partial charge on any atom is 0.341 e. The molecule has 1 fully saturated rings. The van der Waals surface area contributed by atoms with Crippen LogP contribution in [0, 0.1) is 0 Å². The van der Waals surface area contributed by atoms with Crippen molar-refractivity contribution in [2.24, 2.45) is 0 Å². The summed E-state index contributed by atoms with van der Waals surface area (Å²) in [5, 5.41) is 9.15. The highest BCUT2D eigenvalue weighted by Gasteiger charge is 2.39. The van der Waals surface area contributed by atoms with E-state index in [0.717, 1.165) is 4.31 Å². The predicted octanol–water partition coefficient (Wildman–Crippen LogP) is 0.719. The van der Waals surface area contributed by atoms with Crippen LogP contribution in [0.1, 0.15) is 23.2 Å². The van der Waals surface area contributed by atoms with Crippen LogP contribution in [0.25, 0.3) is 0 Å². The van der Waals surface area contributed by atoms with Crippen molar-refractivity contribution in [3.63, 3.8) is 0 Å². The lowest BCUT2D eigenvalue weighted by atomic mass is 10.2. The van der Waals surface area contributed by atoms with Crippen LogP contribution in [-0.4, -0.2) is 56.6 Å². The second-order valence-corrected chi connectivity index (χ2v) is 6.86. The fourth-order valence-corrected chi connectivity index (χ4v) is 4.19. The van der Waals surface area contributed by atoms with Gasteiger partial charge in [-0.15, -0.1) is 0 Å². The molecule has 0 amide bonds. The number of benzene rings is 1. The Labute approximate surface area is 133 Å². The van der Waals surface area contributed by atoms with Crippen LogP contribution in [0.4, 0.5) is 0 Å². The van der Waals surface area contributed by atoms with Gasteiger partial charge in [-0.05, 0) is 25.0 Å². The largest absolute Gasteiger partial charge is 0.496 e. The number of nitrogens with zero attached hydrogens (tertiary/aromatic N) is 1. The average molecular weight is 343 g/mol. The molecule has 23 heavy (non-hydrogen) atoms. The quantitative estimate of drug-likeness (QED) is 0.784. The molecule has 8 nitrogen and oxygen atoms in total. The van der Waals surface area contributed by atoms with Gasteiger partial charge in [0.15, 0.2) is 0 Å². The van der Waals surface area contributed by atoms with Crippen molar-refractivity contribution in [2.45, 2.75) is 23.8 Å². The smallest absolute Gasteiger partial charge is 0.341 e. The molecule has 1 N–H and O–H groups in total. The second kappa shape index (κ2) is 6.55. The molecule has 126 valence electrons. The van der Waals surface area contributed by atoms with Crippen LogP contribution < -0.4 is 4.74 Å². The Hall–Kier alpha value is -2.13. The molecule has 1 saturated heterocycles. The lowest BCUT2D eigenvalue weighted by Crippen LogP contribution is -2.40. The maximum absolute atomic E-state index is 12.7. The number of hydrogen-bond acceptors (Lipinski definition) is 6. The molecule has 1 atom stereocenters. The molecule has 1 aliphatic heterocycles. The molecule has 0 spiro atoms. The Morgan fingerprint density at radius 1 is 1.30 bits per heavy atom. The Morgan fingerprint density at radius 3 is 2.57 bits per heavy atom. The standard InChI is InChI=1S/C14H17NO7S/c1-21-12-8-9(5-6-10(12)14(18)22-2)23(19,20)15-7-3-4-11(15)13(16)17/h5-6,8,11H,3-4,7H2,1-2H3,(H,16,17). The van der Waals surface area contributed by atoms with Crippen LogP contribution in [0.5, 0.6) is 5.75 Å². The molecule has 0 radical (unpaired) electrons. The summed E-state index contributed by atoms with van der Waals surface area (Å²) in [5.41, 5.74) is 0.0881. The fraction of sp³-hybridized carbons (Fsp3) is 0.429. The molecule has 0 aliphatic carbocycles. The Bertz CT molecular complexity index is 729. The number of aliphatic carboxylic acids is 1. The SMILES string of the molecule is COC(=O)c1ccc(S(=O)(=O)N2CCCC2C(=O)O)cc1OC. The third kappa shape index (κ3) is 3.15. The number of hydrogen-bond donors (Lipinski definition) is 1. The fourth-order valence-electron chi connectivity index (χ4n) is 2.52. The molecule has 0 saturated carbocycles. The number of carbonyl (C=O) groups excluding carboxylic acids is 1. The minimum Gasteiger partial charge on any atom is -0.496 e. The van der Waals surface area contributed by atoms with Crippen LogP contribution in [0.15, 0.2) is 23.1 Å². The highest BCUT2D eigenvalue weighted by molar-refractivity contribution is 7.89. The Balaban J connectivity index is 2.44. The van der Waals surface area contributed by atoms with E-state index in [0.29, 0.717) is 6.42 Å². The van der Waals surface area contributed by atoms with E-state index in [1.54, 1.807) is 0 Å². The number of esters is 1. The van der Waals surface area contributed by atoms with Gasteiger partial charge in [-0.25, -0.2) is 13.2 Å². The van der Waals surface area contributed by atoms with Crippen molar-refractivity contribution < 1.29 is 32.6 Å². The minimum atomic E-state index is -3.99. The van der Waals surface area contributed by atoms with Gasteiger partial charge in [-0.1, -0.05) is 0 Å². The molecule has 0 bridgehead atoms. The Kier molecular flexibility index (Phi) is 4.90. The van der Waals surface area contributed by atoms with Gasteiger partial charge in [-0.2, -0.15) is 4.31 Å². The van der Waals surface area contributed by atoms with Gasteiger partial charge in [0, 0.05) is 12.6 Å². The lowest BCUT2D eigenvalue weighted by molar-refractivity contribution is -0.140. The average Bonchev–Trinajstić information content (AvgIpc) is 3.04. The molecule has 0 aromatic heterocycles. The first-order valence-electron chi connectivity index (χ1n) is 6.84. The van der Waals surface area contributed by atoms with Gasteiger partial charge in [-0.3, -0.25) is 4.79 Å². The molecule has 1 aromatic carbocycles. The van der Waals surface area contributed by atoms with Crippen molar-refractivity contribution in [1.29, 1.82) is 0 Å². The molecular formula is C14H17NO7S. The van der Waals surface area contributed by atoms with Gasteiger partial charge in [0.25, 0.3) is 0 Å². The van der Waals surface area contributed by atoms with Gasteiger partial charge >= 0.3 is 11.9 Å².